The van der Waals surface area contributed by atoms with Gasteiger partial charge in [0.1, 0.15) is 11.6 Å². The van der Waals surface area contributed by atoms with Crippen LogP contribution in [-0.2, 0) is 6.42 Å². The quantitative estimate of drug-likeness (QED) is 0.382. The minimum absolute atomic E-state index is 0.0134. The Balaban J connectivity index is 1.95. The maximum absolute atomic E-state index is 14.8. The molecule has 0 unspecified atom stereocenters. The highest BCUT2D eigenvalue weighted by Gasteiger charge is 2.18. The molecule has 0 spiro atoms. The van der Waals surface area contributed by atoms with Crippen molar-refractivity contribution >= 4 is 35.2 Å². The standard InChI is InChI=1S/C21H20F3N5OS/c1-11-3-4-17(16(23)7-11)28-18-10-15(22)13(9-14(18)20(25)30)8-12-5-6-27-21(19(12)24)29-31-26-2/h3-7,9-10,26,28H,8H2,1-2H3,(H2,25,30)(H,27,29). The zero-order valence-corrected chi connectivity index (χ0v) is 17.5. The molecule has 10 heteroatoms. The van der Waals surface area contributed by atoms with Crippen molar-refractivity contribution in [1.82, 2.24) is 9.71 Å². The first-order valence-corrected chi connectivity index (χ1v) is 9.99. The van der Waals surface area contributed by atoms with Crippen molar-refractivity contribution in [2.75, 3.05) is 17.1 Å². The number of hydrogen-bond acceptors (Lipinski definition) is 6. The lowest BCUT2D eigenvalue weighted by atomic mass is 10.0. The lowest BCUT2D eigenvalue weighted by Crippen LogP contribution is -2.15. The Morgan fingerprint density at radius 3 is 2.52 bits per heavy atom. The first kappa shape index (κ1) is 22.4. The van der Waals surface area contributed by atoms with Gasteiger partial charge in [-0.25, -0.2) is 22.9 Å². The maximum atomic E-state index is 14.8. The Bertz CT molecular complexity index is 1130. The van der Waals surface area contributed by atoms with Crippen LogP contribution in [-0.4, -0.2) is 17.9 Å². The van der Waals surface area contributed by atoms with Gasteiger partial charge in [-0.1, -0.05) is 6.07 Å². The number of nitrogens with one attached hydrogen (secondary N) is 3. The van der Waals surface area contributed by atoms with Gasteiger partial charge in [0.05, 0.1) is 16.9 Å². The second-order valence-electron chi connectivity index (χ2n) is 6.68. The number of hydrogen-bond donors (Lipinski definition) is 4. The highest BCUT2D eigenvalue weighted by molar-refractivity contribution is 7.98. The first-order valence-electron chi connectivity index (χ1n) is 9.17. The number of amides is 1. The van der Waals surface area contributed by atoms with Crippen molar-refractivity contribution in [1.29, 1.82) is 0 Å². The fourth-order valence-corrected chi connectivity index (χ4v) is 3.26. The van der Waals surface area contributed by atoms with E-state index in [-0.39, 0.29) is 40.3 Å². The number of benzene rings is 2. The Hall–Kier alpha value is -3.24. The average Bonchev–Trinajstić information content (AvgIpc) is 2.72. The zero-order valence-electron chi connectivity index (χ0n) is 16.7. The lowest BCUT2D eigenvalue weighted by Gasteiger charge is -2.15. The molecule has 2 aromatic carbocycles. The molecular weight excluding hydrogens is 427 g/mol. The summed E-state index contributed by atoms with van der Waals surface area (Å²) in [6.07, 6.45) is 1.25. The van der Waals surface area contributed by atoms with Crippen LogP contribution >= 0.6 is 12.1 Å². The van der Waals surface area contributed by atoms with Gasteiger partial charge in [0.15, 0.2) is 11.6 Å². The van der Waals surface area contributed by atoms with E-state index in [4.69, 9.17) is 5.73 Å². The first-order chi connectivity index (χ1) is 14.8. The number of aryl methyl sites for hydroxylation is 1. The number of rotatable bonds is 8. The Morgan fingerprint density at radius 1 is 1.06 bits per heavy atom. The molecule has 0 bridgehead atoms. The highest BCUT2D eigenvalue weighted by Crippen LogP contribution is 2.28. The summed E-state index contributed by atoms with van der Waals surface area (Å²) in [5, 5.41) is 2.71. The van der Waals surface area contributed by atoms with Crippen molar-refractivity contribution in [3.05, 3.63) is 82.3 Å². The SMILES string of the molecule is CNSNc1nccc(Cc2cc(C(N)=O)c(Nc3ccc(C)cc3F)cc2F)c1F. The fraction of sp³-hybridized carbons (Fsp3) is 0.143. The molecule has 1 heterocycles. The molecule has 6 nitrogen and oxygen atoms in total. The van der Waals surface area contributed by atoms with Crippen molar-refractivity contribution in [3.63, 3.8) is 0 Å². The van der Waals surface area contributed by atoms with Crippen molar-refractivity contribution < 1.29 is 18.0 Å². The van der Waals surface area contributed by atoms with Gasteiger partial charge in [-0.3, -0.25) is 9.52 Å². The molecule has 3 aromatic rings. The van der Waals surface area contributed by atoms with E-state index in [1.165, 1.54) is 30.5 Å². The predicted octanol–water partition coefficient (Wildman–Crippen LogP) is 4.44. The smallest absolute Gasteiger partial charge is 0.250 e. The average molecular weight is 447 g/mol. The third-order valence-electron chi connectivity index (χ3n) is 4.45. The molecule has 0 aliphatic rings. The molecule has 0 fully saturated rings. The van der Waals surface area contributed by atoms with Crippen LogP contribution in [0, 0.1) is 24.4 Å². The van der Waals surface area contributed by atoms with Crippen LogP contribution in [0.5, 0.6) is 0 Å². The van der Waals surface area contributed by atoms with E-state index < -0.39 is 23.4 Å². The van der Waals surface area contributed by atoms with E-state index in [1.54, 1.807) is 20.0 Å². The van der Waals surface area contributed by atoms with E-state index in [0.717, 1.165) is 18.2 Å². The molecule has 0 aliphatic carbocycles. The summed E-state index contributed by atoms with van der Waals surface area (Å²) in [6.45, 7) is 1.73. The molecule has 0 aliphatic heterocycles. The Labute approximate surface area is 181 Å². The van der Waals surface area contributed by atoms with Crippen LogP contribution in [0.15, 0.2) is 42.6 Å². The molecule has 1 amide bonds. The number of primary amides is 1. The number of nitrogens with two attached hydrogens (primary N) is 1. The number of carbonyl (C=O) groups excluding carboxylic acids is 1. The molecule has 0 saturated carbocycles. The third-order valence-corrected chi connectivity index (χ3v) is 4.95. The van der Waals surface area contributed by atoms with E-state index >= 15 is 0 Å². The monoisotopic (exact) mass is 447 g/mol. The van der Waals surface area contributed by atoms with Gasteiger partial charge in [0, 0.05) is 24.8 Å². The molecular formula is C21H20F3N5OS. The summed E-state index contributed by atoms with van der Waals surface area (Å²) < 4.78 is 49.1. The largest absolute Gasteiger partial charge is 0.366 e. The van der Waals surface area contributed by atoms with Gasteiger partial charge in [-0.05, 0) is 61.0 Å². The van der Waals surface area contributed by atoms with Crippen LogP contribution in [0.3, 0.4) is 0 Å². The Morgan fingerprint density at radius 2 is 1.84 bits per heavy atom. The summed E-state index contributed by atoms with van der Waals surface area (Å²) in [5.41, 5.74) is 6.43. The van der Waals surface area contributed by atoms with Gasteiger partial charge in [-0.2, -0.15) is 0 Å². The molecule has 1 aromatic heterocycles. The van der Waals surface area contributed by atoms with E-state index in [2.05, 4.69) is 19.7 Å². The van der Waals surface area contributed by atoms with Crippen molar-refractivity contribution in [2.45, 2.75) is 13.3 Å². The third kappa shape index (κ3) is 5.28. The fourth-order valence-electron chi connectivity index (χ4n) is 2.92. The van der Waals surface area contributed by atoms with Gasteiger partial charge in [0.2, 0.25) is 0 Å². The van der Waals surface area contributed by atoms with Crippen molar-refractivity contribution in [2.24, 2.45) is 5.73 Å². The van der Waals surface area contributed by atoms with Gasteiger partial charge in [-0.15, -0.1) is 0 Å². The van der Waals surface area contributed by atoms with Gasteiger partial charge >= 0.3 is 0 Å². The molecule has 31 heavy (non-hydrogen) atoms. The van der Waals surface area contributed by atoms with Crippen LogP contribution < -0.4 is 20.5 Å². The molecule has 5 N–H and O–H groups in total. The number of carbonyl (C=O) groups is 1. The minimum atomic E-state index is -0.834. The molecule has 0 saturated heterocycles. The molecule has 162 valence electrons. The number of aromatic nitrogens is 1. The van der Waals surface area contributed by atoms with Crippen molar-refractivity contribution in [3.8, 4) is 0 Å². The molecule has 0 radical (unpaired) electrons. The summed E-state index contributed by atoms with van der Waals surface area (Å²) >= 11 is 1.03. The van der Waals surface area contributed by atoms with E-state index in [1.807, 2.05) is 0 Å². The van der Waals surface area contributed by atoms with E-state index in [9.17, 15) is 18.0 Å². The highest BCUT2D eigenvalue weighted by atomic mass is 32.2. The zero-order chi connectivity index (χ0) is 22.5. The summed E-state index contributed by atoms with van der Waals surface area (Å²) in [4.78, 5) is 15.9. The van der Waals surface area contributed by atoms with Crippen LogP contribution in [0.1, 0.15) is 27.0 Å². The minimum Gasteiger partial charge on any atom is -0.366 e. The normalized spacial score (nSPS) is 10.7. The predicted molar refractivity (Wildman–Crippen MR) is 117 cm³/mol. The van der Waals surface area contributed by atoms with Crippen LogP contribution in [0.2, 0.25) is 0 Å². The second kappa shape index (κ2) is 9.71. The van der Waals surface area contributed by atoms with Crippen LogP contribution in [0.25, 0.3) is 0 Å². The topological polar surface area (TPSA) is 92.1 Å². The number of halogens is 3. The second-order valence-corrected chi connectivity index (χ2v) is 7.50. The van der Waals surface area contributed by atoms with Gasteiger partial charge in [0.25, 0.3) is 5.91 Å². The number of pyridine rings is 1. The van der Waals surface area contributed by atoms with E-state index in [0.29, 0.717) is 5.56 Å². The number of anilines is 3. The molecule has 3 rings (SSSR count). The lowest BCUT2D eigenvalue weighted by molar-refractivity contribution is 0.100. The summed E-state index contributed by atoms with van der Waals surface area (Å²) in [7, 11) is 1.65. The molecule has 0 atom stereocenters. The summed E-state index contributed by atoms with van der Waals surface area (Å²) in [6, 6.07) is 8.16. The maximum Gasteiger partial charge on any atom is 0.250 e. The van der Waals surface area contributed by atoms with Crippen LogP contribution in [0.4, 0.5) is 30.4 Å². The number of nitrogens with zero attached hydrogens (tertiary/aromatic N) is 1. The van der Waals surface area contributed by atoms with Gasteiger partial charge < -0.3 is 11.1 Å². The Kier molecular flexibility index (Phi) is 7.03. The summed E-state index contributed by atoms with van der Waals surface area (Å²) in [5.74, 6) is -2.75.